The normalized spacial score (nSPS) is 11.8. The second-order valence-corrected chi connectivity index (χ2v) is 8.92. The summed E-state index contributed by atoms with van der Waals surface area (Å²) in [6.07, 6.45) is 0.831. The average Bonchev–Trinajstić information content (AvgIpc) is 2.61. The summed E-state index contributed by atoms with van der Waals surface area (Å²) in [5.41, 5.74) is 2.91. The molecule has 1 aromatic heterocycles. The molecule has 0 radical (unpaired) electrons. The van der Waals surface area contributed by atoms with Crippen molar-refractivity contribution in [2.24, 2.45) is 5.92 Å². The van der Waals surface area contributed by atoms with Crippen LogP contribution in [0.25, 0.3) is 11.0 Å². The van der Waals surface area contributed by atoms with E-state index in [1.165, 1.54) is 0 Å². The van der Waals surface area contributed by atoms with Crippen molar-refractivity contribution < 1.29 is 13.2 Å². The highest BCUT2D eigenvalue weighted by Crippen LogP contribution is 2.27. The molecule has 0 fully saturated rings. The lowest BCUT2D eigenvalue weighted by molar-refractivity contribution is 0.281. The predicted molar refractivity (Wildman–Crippen MR) is 111 cm³/mol. The second-order valence-electron chi connectivity index (χ2n) is 7.27. The topological polar surface area (TPSA) is 81.2 Å². The zero-order chi connectivity index (χ0) is 20.3. The molecule has 0 saturated carbocycles. The summed E-state index contributed by atoms with van der Waals surface area (Å²) in [4.78, 5) is 9.14. The molecule has 28 heavy (non-hydrogen) atoms. The summed E-state index contributed by atoms with van der Waals surface area (Å²) < 4.78 is 34.3. The first-order valence-corrected chi connectivity index (χ1v) is 10.7. The zero-order valence-corrected chi connectivity index (χ0v) is 17.4. The Hall–Kier alpha value is -2.67. The van der Waals surface area contributed by atoms with E-state index in [-0.39, 0.29) is 16.6 Å². The lowest BCUT2D eigenvalue weighted by Crippen LogP contribution is -2.17. The van der Waals surface area contributed by atoms with Crippen molar-refractivity contribution in [3.05, 3.63) is 53.6 Å². The van der Waals surface area contributed by atoms with E-state index in [1.807, 2.05) is 31.2 Å². The number of sulfonamides is 1. The number of para-hydroxylation sites is 2. The van der Waals surface area contributed by atoms with Crippen LogP contribution >= 0.6 is 0 Å². The molecule has 3 aromatic rings. The van der Waals surface area contributed by atoms with Gasteiger partial charge in [0.1, 0.15) is 0 Å². The number of rotatable bonds is 7. The lowest BCUT2D eigenvalue weighted by atomic mass is 10.1. The van der Waals surface area contributed by atoms with Crippen LogP contribution in [-0.2, 0) is 10.0 Å². The Morgan fingerprint density at radius 2 is 1.71 bits per heavy atom. The smallest absolute Gasteiger partial charge is 0.263 e. The monoisotopic (exact) mass is 399 g/mol. The first kappa shape index (κ1) is 20.1. The lowest BCUT2D eigenvalue weighted by Gasteiger charge is -2.15. The van der Waals surface area contributed by atoms with Crippen LogP contribution in [-0.4, -0.2) is 25.0 Å². The standard InChI is InChI=1S/C21H25N3O3S/c1-14(2)11-12-27-21-20(22-17-7-5-6-8-18(17)23-21)24-28(25,26)19-10-9-15(3)13-16(19)4/h5-10,13-14H,11-12H2,1-4H3,(H,22,24). The van der Waals surface area contributed by atoms with Crippen LogP contribution in [0.1, 0.15) is 31.4 Å². The molecule has 0 spiro atoms. The molecular formula is C21H25N3O3S. The fraction of sp³-hybridized carbons (Fsp3) is 0.333. The Morgan fingerprint density at radius 3 is 2.36 bits per heavy atom. The van der Waals surface area contributed by atoms with Gasteiger partial charge >= 0.3 is 0 Å². The SMILES string of the molecule is Cc1ccc(S(=O)(=O)Nc2nc3ccccc3nc2OCCC(C)C)c(C)c1. The Labute approximate surface area is 166 Å². The number of ether oxygens (including phenoxy) is 1. The fourth-order valence-electron chi connectivity index (χ4n) is 2.83. The Balaban J connectivity index is 1.99. The molecule has 2 aromatic carbocycles. The highest BCUT2D eigenvalue weighted by molar-refractivity contribution is 7.92. The molecule has 148 valence electrons. The molecule has 0 aliphatic heterocycles. The summed E-state index contributed by atoms with van der Waals surface area (Å²) >= 11 is 0. The van der Waals surface area contributed by atoms with Crippen molar-refractivity contribution >= 4 is 26.9 Å². The summed E-state index contributed by atoms with van der Waals surface area (Å²) in [6.45, 7) is 8.32. The first-order chi connectivity index (χ1) is 13.3. The van der Waals surface area contributed by atoms with Crippen molar-refractivity contribution in [1.29, 1.82) is 0 Å². The number of benzene rings is 2. The number of anilines is 1. The summed E-state index contributed by atoms with van der Waals surface area (Å²) in [5.74, 6) is 0.749. The number of nitrogens with zero attached hydrogens (tertiary/aromatic N) is 2. The van der Waals surface area contributed by atoms with Crippen molar-refractivity contribution in [2.75, 3.05) is 11.3 Å². The highest BCUT2D eigenvalue weighted by atomic mass is 32.2. The molecule has 3 rings (SSSR count). The van der Waals surface area contributed by atoms with Gasteiger partial charge in [0.25, 0.3) is 15.9 Å². The van der Waals surface area contributed by atoms with Gasteiger partial charge in [0, 0.05) is 0 Å². The van der Waals surface area contributed by atoms with E-state index in [4.69, 9.17) is 4.74 Å². The third-order valence-electron chi connectivity index (χ3n) is 4.32. The molecule has 6 nitrogen and oxygen atoms in total. The van der Waals surface area contributed by atoms with E-state index in [9.17, 15) is 8.42 Å². The minimum absolute atomic E-state index is 0.0995. The van der Waals surface area contributed by atoms with Crippen molar-refractivity contribution in [3.63, 3.8) is 0 Å². The molecule has 0 aliphatic carbocycles. The zero-order valence-electron chi connectivity index (χ0n) is 16.6. The van der Waals surface area contributed by atoms with Gasteiger partial charge in [-0.15, -0.1) is 0 Å². The predicted octanol–water partition coefficient (Wildman–Crippen LogP) is 4.47. The summed E-state index contributed by atoms with van der Waals surface area (Å²) in [6, 6.07) is 12.5. The van der Waals surface area contributed by atoms with E-state index >= 15 is 0 Å². The molecule has 1 heterocycles. The Bertz CT molecular complexity index is 1100. The number of hydrogen-bond acceptors (Lipinski definition) is 5. The van der Waals surface area contributed by atoms with Crippen LogP contribution in [0, 0.1) is 19.8 Å². The quantitative estimate of drug-likeness (QED) is 0.634. The largest absolute Gasteiger partial charge is 0.475 e. The van der Waals surface area contributed by atoms with Crippen molar-refractivity contribution in [1.82, 2.24) is 9.97 Å². The molecular weight excluding hydrogens is 374 g/mol. The first-order valence-electron chi connectivity index (χ1n) is 9.26. The van der Waals surface area contributed by atoms with Gasteiger partial charge in [-0.1, -0.05) is 43.7 Å². The Kier molecular flexibility index (Phi) is 5.84. The van der Waals surface area contributed by atoms with E-state index in [2.05, 4.69) is 28.5 Å². The highest BCUT2D eigenvalue weighted by Gasteiger charge is 2.21. The third kappa shape index (κ3) is 4.59. The van der Waals surface area contributed by atoms with Crippen LogP contribution < -0.4 is 9.46 Å². The van der Waals surface area contributed by atoms with Crippen molar-refractivity contribution in [2.45, 2.75) is 39.0 Å². The maximum Gasteiger partial charge on any atom is 0.263 e. The van der Waals surface area contributed by atoms with Gasteiger partial charge in [0.05, 0.1) is 22.5 Å². The van der Waals surface area contributed by atoms with Crippen LogP contribution in [0.3, 0.4) is 0 Å². The fourth-order valence-corrected chi connectivity index (χ4v) is 4.05. The van der Waals surface area contributed by atoms with Crippen LogP contribution in [0.2, 0.25) is 0 Å². The molecule has 0 amide bonds. The maximum atomic E-state index is 13.0. The minimum atomic E-state index is -3.83. The maximum absolute atomic E-state index is 13.0. The summed E-state index contributed by atoms with van der Waals surface area (Å²) in [7, 11) is -3.83. The van der Waals surface area contributed by atoms with E-state index in [0.29, 0.717) is 29.1 Å². The molecule has 0 bridgehead atoms. The number of fused-ring (bicyclic) bond motifs is 1. The Morgan fingerprint density at radius 1 is 1.04 bits per heavy atom. The van der Waals surface area contributed by atoms with Crippen LogP contribution in [0.4, 0.5) is 5.82 Å². The third-order valence-corrected chi connectivity index (χ3v) is 5.82. The molecule has 0 saturated heterocycles. The molecule has 1 N–H and O–H groups in total. The molecule has 0 atom stereocenters. The van der Waals surface area contributed by atoms with Gasteiger partial charge in [-0.05, 0) is 49.9 Å². The van der Waals surface area contributed by atoms with Gasteiger partial charge in [-0.2, -0.15) is 0 Å². The molecule has 0 aliphatic rings. The van der Waals surface area contributed by atoms with Crippen molar-refractivity contribution in [3.8, 4) is 5.88 Å². The van der Waals surface area contributed by atoms with Crippen LogP contribution in [0.5, 0.6) is 5.88 Å². The van der Waals surface area contributed by atoms with E-state index in [1.54, 1.807) is 25.1 Å². The number of hydrogen-bond donors (Lipinski definition) is 1. The number of aryl methyl sites for hydroxylation is 2. The number of aromatic nitrogens is 2. The van der Waals surface area contributed by atoms with Gasteiger partial charge in [-0.25, -0.2) is 18.4 Å². The van der Waals surface area contributed by atoms with Gasteiger partial charge < -0.3 is 4.74 Å². The van der Waals surface area contributed by atoms with Crippen LogP contribution in [0.15, 0.2) is 47.4 Å². The van der Waals surface area contributed by atoms with Gasteiger partial charge in [-0.3, -0.25) is 4.72 Å². The molecule has 0 unspecified atom stereocenters. The van der Waals surface area contributed by atoms with E-state index in [0.717, 1.165) is 12.0 Å². The molecule has 7 heteroatoms. The van der Waals surface area contributed by atoms with E-state index < -0.39 is 10.0 Å². The second kappa shape index (κ2) is 8.14. The number of nitrogens with one attached hydrogen (secondary N) is 1. The minimum Gasteiger partial charge on any atom is -0.475 e. The average molecular weight is 400 g/mol. The van der Waals surface area contributed by atoms with Gasteiger partial charge in [0.2, 0.25) is 5.82 Å². The van der Waals surface area contributed by atoms with Gasteiger partial charge in [0.15, 0.2) is 0 Å². The summed E-state index contributed by atoms with van der Waals surface area (Å²) in [5, 5.41) is 0.